The molecule has 1 aromatic carbocycles. The molecule has 2 aromatic rings. The van der Waals surface area contributed by atoms with E-state index in [0.717, 1.165) is 24.3 Å². The molecule has 0 saturated carbocycles. The molecule has 0 amide bonds. The lowest BCUT2D eigenvalue weighted by Gasteiger charge is -2.10. The number of hydrogen-bond acceptors (Lipinski definition) is 4. The first kappa shape index (κ1) is 13.6. The van der Waals surface area contributed by atoms with Gasteiger partial charge in [-0.1, -0.05) is 12.1 Å². The summed E-state index contributed by atoms with van der Waals surface area (Å²) in [6.07, 6.45) is 6.34. The second-order valence-electron chi connectivity index (χ2n) is 4.40. The first-order valence-corrected chi connectivity index (χ1v) is 6.22. The number of rotatable bonds is 6. The zero-order chi connectivity index (χ0) is 13.7. The summed E-state index contributed by atoms with van der Waals surface area (Å²) < 4.78 is 7.67. The van der Waals surface area contributed by atoms with Crippen molar-refractivity contribution in [1.82, 2.24) is 9.55 Å². The van der Waals surface area contributed by atoms with Crippen LogP contribution in [0.3, 0.4) is 0 Å². The second-order valence-corrected chi connectivity index (χ2v) is 4.40. The fourth-order valence-corrected chi connectivity index (χ4v) is 1.84. The molecule has 6 heteroatoms. The maximum absolute atomic E-state index is 9.06. The van der Waals surface area contributed by atoms with Crippen LogP contribution in [0.1, 0.15) is 12.0 Å². The molecule has 0 aliphatic rings. The van der Waals surface area contributed by atoms with E-state index in [1.807, 2.05) is 17.7 Å². The Bertz CT molecular complexity index is 515. The maximum Gasteiger partial charge on any atom is 0.488 e. The highest BCUT2D eigenvalue weighted by molar-refractivity contribution is 6.58. The summed E-state index contributed by atoms with van der Waals surface area (Å²) in [5, 5.41) is 18.1. The Hall–Kier alpha value is -1.79. The van der Waals surface area contributed by atoms with Crippen LogP contribution in [-0.2, 0) is 6.54 Å². The Morgan fingerprint density at radius 3 is 2.84 bits per heavy atom. The highest BCUT2D eigenvalue weighted by Crippen LogP contribution is 2.15. The summed E-state index contributed by atoms with van der Waals surface area (Å²) in [5.41, 5.74) is 1.37. The number of benzene rings is 1. The average Bonchev–Trinajstić information content (AvgIpc) is 2.89. The average molecular weight is 260 g/mol. The van der Waals surface area contributed by atoms with Gasteiger partial charge in [-0.15, -0.1) is 0 Å². The fourth-order valence-electron chi connectivity index (χ4n) is 1.84. The molecule has 0 radical (unpaired) electrons. The van der Waals surface area contributed by atoms with Crippen LogP contribution in [0.25, 0.3) is 0 Å². The third kappa shape index (κ3) is 3.84. The maximum atomic E-state index is 9.06. The van der Waals surface area contributed by atoms with Crippen LogP contribution in [0.4, 0.5) is 0 Å². The number of hydrogen-bond donors (Lipinski definition) is 2. The molecular formula is C13H17BN2O3. The number of ether oxygens (including phenoxy) is 1. The molecule has 0 aliphatic heterocycles. The molecule has 1 heterocycles. The van der Waals surface area contributed by atoms with Crippen molar-refractivity contribution in [3.8, 4) is 5.75 Å². The number of imidazole rings is 1. The van der Waals surface area contributed by atoms with Crippen LogP contribution >= 0.6 is 0 Å². The van der Waals surface area contributed by atoms with Gasteiger partial charge in [0, 0.05) is 18.9 Å². The molecular weight excluding hydrogens is 243 g/mol. The molecule has 0 saturated heterocycles. The third-order valence-electron chi connectivity index (χ3n) is 2.87. The molecule has 0 spiro atoms. The smallest absolute Gasteiger partial charge is 0.488 e. The number of aromatic nitrogens is 2. The predicted molar refractivity (Wildman–Crippen MR) is 73.3 cm³/mol. The van der Waals surface area contributed by atoms with Crippen LogP contribution in [0, 0.1) is 6.92 Å². The SMILES string of the molecule is Cc1cc(B(O)O)ccc1OCCCn1ccnc1. The standard InChI is InChI=1S/C13H17BN2O3/c1-11-9-12(14(17)18)3-4-13(11)19-8-2-6-16-7-5-15-10-16/h3-5,7,9-10,17-18H,2,6,8H2,1H3. The van der Waals surface area contributed by atoms with Crippen molar-refractivity contribution in [2.45, 2.75) is 19.9 Å². The Labute approximate surface area is 112 Å². The van der Waals surface area contributed by atoms with Gasteiger partial charge in [0.1, 0.15) is 5.75 Å². The van der Waals surface area contributed by atoms with E-state index in [0.29, 0.717) is 12.1 Å². The molecule has 2 N–H and O–H groups in total. The Balaban J connectivity index is 1.82. The topological polar surface area (TPSA) is 67.5 Å². The van der Waals surface area contributed by atoms with E-state index in [2.05, 4.69) is 4.98 Å². The normalized spacial score (nSPS) is 10.5. The Kier molecular flexibility index (Phi) is 4.60. The molecule has 0 atom stereocenters. The lowest BCUT2D eigenvalue weighted by molar-refractivity contribution is 0.300. The van der Waals surface area contributed by atoms with E-state index >= 15 is 0 Å². The van der Waals surface area contributed by atoms with Crippen molar-refractivity contribution < 1.29 is 14.8 Å². The number of aryl methyl sites for hydroxylation is 2. The summed E-state index contributed by atoms with van der Waals surface area (Å²) in [4.78, 5) is 3.97. The molecule has 100 valence electrons. The van der Waals surface area contributed by atoms with Crippen molar-refractivity contribution in [3.05, 3.63) is 42.5 Å². The minimum Gasteiger partial charge on any atom is -0.493 e. The van der Waals surface area contributed by atoms with Crippen LogP contribution < -0.4 is 10.2 Å². The van der Waals surface area contributed by atoms with Gasteiger partial charge in [0.25, 0.3) is 0 Å². The van der Waals surface area contributed by atoms with E-state index in [9.17, 15) is 0 Å². The lowest BCUT2D eigenvalue weighted by Crippen LogP contribution is -2.29. The molecule has 5 nitrogen and oxygen atoms in total. The summed E-state index contributed by atoms with van der Waals surface area (Å²) in [7, 11) is -1.44. The summed E-state index contributed by atoms with van der Waals surface area (Å²) in [6.45, 7) is 3.36. The quantitative estimate of drug-likeness (QED) is 0.580. The minimum absolute atomic E-state index is 0.475. The van der Waals surface area contributed by atoms with Gasteiger partial charge in [0.15, 0.2) is 0 Å². The molecule has 19 heavy (non-hydrogen) atoms. The zero-order valence-corrected chi connectivity index (χ0v) is 10.9. The lowest BCUT2D eigenvalue weighted by atomic mass is 9.79. The van der Waals surface area contributed by atoms with Crippen LogP contribution in [-0.4, -0.2) is 33.3 Å². The first-order valence-electron chi connectivity index (χ1n) is 6.22. The zero-order valence-electron chi connectivity index (χ0n) is 10.9. The Morgan fingerprint density at radius 2 is 2.21 bits per heavy atom. The van der Waals surface area contributed by atoms with Crippen LogP contribution in [0.2, 0.25) is 0 Å². The molecule has 0 unspecified atom stereocenters. The summed E-state index contributed by atoms with van der Waals surface area (Å²) >= 11 is 0. The second kappa shape index (κ2) is 6.40. The van der Waals surface area contributed by atoms with Gasteiger partial charge in [0.2, 0.25) is 0 Å². The van der Waals surface area contributed by atoms with E-state index in [4.69, 9.17) is 14.8 Å². The van der Waals surface area contributed by atoms with Crippen LogP contribution in [0.15, 0.2) is 36.9 Å². The van der Waals surface area contributed by atoms with E-state index < -0.39 is 7.12 Å². The molecule has 0 fully saturated rings. The van der Waals surface area contributed by atoms with Gasteiger partial charge in [-0.2, -0.15) is 0 Å². The fraction of sp³-hybridized carbons (Fsp3) is 0.308. The van der Waals surface area contributed by atoms with Crippen molar-refractivity contribution in [1.29, 1.82) is 0 Å². The molecule has 0 bridgehead atoms. The van der Waals surface area contributed by atoms with E-state index in [1.54, 1.807) is 30.7 Å². The van der Waals surface area contributed by atoms with Crippen molar-refractivity contribution in [2.75, 3.05) is 6.61 Å². The molecule has 0 aliphatic carbocycles. The van der Waals surface area contributed by atoms with Gasteiger partial charge < -0.3 is 19.4 Å². The van der Waals surface area contributed by atoms with E-state index in [1.165, 1.54) is 0 Å². The van der Waals surface area contributed by atoms with Gasteiger partial charge in [-0.25, -0.2) is 4.98 Å². The van der Waals surface area contributed by atoms with Gasteiger partial charge in [0.05, 0.1) is 12.9 Å². The van der Waals surface area contributed by atoms with Crippen molar-refractivity contribution in [2.24, 2.45) is 0 Å². The number of nitrogens with zero attached hydrogens (tertiary/aromatic N) is 2. The molecule has 2 rings (SSSR count). The van der Waals surface area contributed by atoms with E-state index in [-0.39, 0.29) is 0 Å². The minimum atomic E-state index is -1.44. The van der Waals surface area contributed by atoms with Crippen molar-refractivity contribution in [3.63, 3.8) is 0 Å². The van der Waals surface area contributed by atoms with Crippen molar-refractivity contribution >= 4 is 12.6 Å². The van der Waals surface area contributed by atoms with Gasteiger partial charge >= 0.3 is 7.12 Å². The predicted octanol–water partition coefficient (Wildman–Crippen LogP) is 0.340. The van der Waals surface area contributed by atoms with Gasteiger partial charge in [-0.3, -0.25) is 0 Å². The highest BCUT2D eigenvalue weighted by atomic mass is 16.5. The van der Waals surface area contributed by atoms with Gasteiger partial charge in [-0.05, 0) is 30.4 Å². The monoisotopic (exact) mass is 260 g/mol. The van der Waals surface area contributed by atoms with Crippen LogP contribution in [0.5, 0.6) is 5.75 Å². The molecule has 1 aromatic heterocycles. The summed E-state index contributed by atoms with van der Waals surface area (Å²) in [6, 6.07) is 5.14. The first-order chi connectivity index (χ1) is 9.16. The summed E-state index contributed by atoms with van der Waals surface area (Å²) in [5.74, 6) is 0.773. The third-order valence-corrected chi connectivity index (χ3v) is 2.87. The highest BCUT2D eigenvalue weighted by Gasteiger charge is 2.12. The Morgan fingerprint density at radius 1 is 1.37 bits per heavy atom. The largest absolute Gasteiger partial charge is 0.493 e.